The number of amides is 1. The third-order valence-electron chi connectivity index (χ3n) is 4.44. The summed E-state index contributed by atoms with van der Waals surface area (Å²) >= 11 is 0. The van der Waals surface area contributed by atoms with Crippen molar-refractivity contribution >= 4 is 11.6 Å². The molecule has 164 valence electrons. The average Bonchev–Trinajstić information content (AvgIpc) is 3.26. The van der Waals surface area contributed by atoms with Crippen molar-refractivity contribution < 1.29 is 32.2 Å². The number of nitrogens with one attached hydrogen (secondary N) is 1. The normalized spacial score (nSPS) is 11.2. The molecule has 1 amide bonds. The first-order valence-corrected chi connectivity index (χ1v) is 9.06. The molecule has 31 heavy (non-hydrogen) atoms. The van der Waals surface area contributed by atoms with Gasteiger partial charge in [0, 0.05) is 12.4 Å². The molecule has 0 spiro atoms. The van der Waals surface area contributed by atoms with Crippen LogP contribution >= 0.6 is 0 Å². The first-order chi connectivity index (χ1) is 14.8. The standard InChI is InChI=1S/C21H20F3N3O4/c1-29-17-9-13(10-18(30-2)20(17)31-3)11-19(28)26-15-12-14(21(22,23)24)5-6-16(15)27-8-4-7-25-27/h4-10,12H,11H2,1-3H3,(H,26,28). The maximum atomic E-state index is 13.2. The van der Waals surface area contributed by atoms with E-state index in [0.717, 1.165) is 12.1 Å². The highest BCUT2D eigenvalue weighted by atomic mass is 19.4. The predicted octanol–water partition coefficient (Wildman–Crippen LogP) is 4.10. The number of carbonyl (C=O) groups excluding carboxylic acids is 1. The zero-order chi connectivity index (χ0) is 22.6. The van der Waals surface area contributed by atoms with Crippen LogP contribution in [0.5, 0.6) is 17.2 Å². The summed E-state index contributed by atoms with van der Waals surface area (Å²) in [6.45, 7) is 0. The molecule has 0 radical (unpaired) electrons. The van der Waals surface area contributed by atoms with Gasteiger partial charge in [-0.1, -0.05) is 0 Å². The highest BCUT2D eigenvalue weighted by Crippen LogP contribution is 2.38. The van der Waals surface area contributed by atoms with Crippen molar-refractivity contribution in [1.29, 1.82) is 0 Å². The number of nitrogens with zero attached hydrogens (tertiary/aromatic N) is 2. The van der Waals surface area contributed by atoms with E-state index in [4.69, 9.17) is 14.2 Å². The molecule has 0 aliphatic rings. The number of benzene rings is 2. The van der Waals surface area contributed by atoms with Crippen molar-refractivity contribution in [2.75, 3.05) is 26.6 Å². The molecule has 1 N–H and O–H groups in total. The Morgan fingerprint density at radius 1 is 1.06 bits per heavy atom. The van der Waals surface area contributed by atoms with Crippen molar-refractivity contribution in [1.82, 2.24) is 9.78 Å². The van der Waals surface area contributed by atoms with Gasteiger partial charge in [-0.2, -0.15) is 18.3 Å². The van der Waals surface area contributed by atoms with E-state index in [1.165, 1.54) is 38.3 Å². The quantitative estimate of drug-likeness (QED) is 0.605. The zero-order valence-corrected chi connectivity index (χ0v) is 17.0. The van der Waals surface area contributed by atoms with Crippen molar-refractivity contribution in [2.45, 2.75) is 12.6 Å². The summed E-state index contributed by atoms with van der Waals surface area (Å²) in [6, 6.07) is 7.89. The molecule has 2 aromatic carbocycles. The summed E-state index contributed by atoms with van der Waals surface area (Å²) in [4.78, 5) is 12.7. The molecule has 3 rings (SSSR count). The number of alkyl halides is 3. The van der Waals surface area contributed by atoms with Crippen LogP contribution < -0.4 is 19.5 Å². The Bertz CT molecular complexity index is 1040. The van der Waals surface area contributed by atoms with E-state index in [2.05, 4.69) is 10.4 Å². The monoisotopic (exact) mass is 435 g/mol. The van der Waals surface area contributed by atoms with E-state index >= 15 is 0 Å². The number of hydrogen-bond acceptors (Lipinski definition) is 5. The number of hydrogen-bond donors (Lipinski definition) is 1. The highest BCUT2D eigenvalue weighted by molar-refractivity contribution is 5.94. The Labute approximate surface area is 176 Å². The number of rotatable bonds is 7. The number of aromatic nitrogens is 2. The first-order valence-electron chi connectivity index (χ1n) is 9.06. The Kier molecular flexibility index (Phi) is 6.38. The lowest BCUT2D eigenvalue weighted by atomic mass is 10.1. The van der Waals surface area contributed by atoms with Crippen LogP contribution in [0, 0.1) is 0 Å². The second-order valence-corrected chi connectivity index (χ2v) is 6.44. The summed E-state index contributed by atoms with van der Waals surface area (Å²) in [6.07, 6.45) is -1.64. The highest BCUT2D eigenvalue weighted by Gasteiger charge is 2.31. The van der Waals surface area contributed by atoms with Crippen LogP contribution in [-0.2, 0) is 17.4 Å². The second-order valence-electron chi connectivity index (χ2n) is 6.44. The van der Waals surface area contributed by atoms with Gasteiger partial charge in [0.2, 0.25) is 11.7 Å². The van der Waals surface area contributed by atoms with Gasteiger partial charge < -0.3 is 19.5 Å². The van der Waals surface area contributed by atoms with E-state index in [-0.39, 0.29) is 12.1 Å². The number of halogens is 3. The number of carbonyl (C=O) groups is 1. The van der Waals surface area contributed by atoms with Crippen LogP contribution in [0.3, 0.4) is 0 Å². The van der Waals surface area contributed by atoms with Crippen molar-refractivity contribution in [3.05, 3.63) is 59.9 Å². The van der Waals surface area contributed by atoms with Crippen LogP contribution in [0.25, 0.3) is 5.69 Å². The van der Waals surface area contributed by atoms with Crippen LogP contribution in [0.2, 0.25) is 0 Å². The molecule has 0 saturated carbocycles. The molecule has 0 saturated heterocycles. The molecule has 1 heterocycles. The molecule has 0 aliphatic carbocycles. The fourth-order valence-corrected chi connectivity index (χ4v) is 3.04. The largest absolute Gasteiger partial charge is 0.493 e. The number of ether oxygens (including phenoxy) is 3. The van der Waals surface area contributed by atoms with Gasteiger partial charge in [0.25, 0.3) is 0 Å². The minimum Gasteiger partial charge on any atom is -0.493 e. The van der Waals surface area contributed by atoms with Crippen LogP contribution in [0.1, 0.15) is 11.1 Å². The smallest absolute Gasteiger partial charge is 0.416 e. The van der Waals surface area contributed by atoms with Gasteiger partial charge in [0.1, 0.15) is 0 Å². The molecule has 1 aromatic heterocycles. The van der Waals surface area contributed by atoms with Gasteiger partial charge >= 0.3 is 6.18 Å². The maximum Gasteiger partial charge on any atom is 0.416 e. The molecular formula is C21H20F3N3O4. The van der Waals surface area contributed by atoms with Gasteiger partial charge in [-0.15, -0.1) is 0 Å². The minimum atomic E-state index is -4.56. The summed E-state index contributed by atoms with van der Waals surface area (Å²) in [5, 5.41) is 6.58. The third-order valence-corrected chi connectivity index (χ3v) is 4.44. The van der Waals surface area contributed by atoms with Gasteiger partial charge in [0.15, 0.2) is 11.5 Å². The lowest BCUT2D eigenvalue weighted by Gasteiger charge is -2.16. The van der Waals surface area contributed by atoms with Crippen LogP contribution in [0.4, 0.5) is 18.9 Å². The topological polar surface area (TPSA) is 74.6 Å². The molecule has 3 aromatic rings. The summed E-state index contributed by atoms with van der Waals surface area (Å²) in [7, 11) is 4.34. The maximum absolute atomic E-state index is 13.2. The van der Waals surface area contributed by atoms with Crippen molar-refractivity contribution in [3.8, 4) is 22.9 Å². The molecule has 0 aliphatic heterocycles. The minimum absolute atomic E-state index is 0.0176. The van der Waals surface area contributed by atoms with E-state index in [1.807, 2.05) is 0 Å². The van der Waals surface area contributed by atoms with Gasteiger partial charge in [0.05, 0.1) is 44.7 Å². The third kappa shape index (κ3) is 4.90. The van der Waals surface area contributed by atoms with E-state index in [1.54, 1.807) is 24.4 Å². The van der Waals surface area contributed by atoms with Crippen LogP contribution in [0.15, 0.2) is 48.8 Å². The van der Waals surface area contributed by atoms with Crippen molar-refractivity contribution in [3.63, 3.8) is 0 Å². The molecule has 0 bridgehead atoms. The van der Waals surface area contributed by atoms with Crippen LogP contribution in [-0.4, -0.2) is 37.0 Å². The van der Waals surface area contributed by atoms with Crippen molar-refractivity contribution in [2.24, 2.45) is 0 Å². The summed E-state index contributed by atoms with van der Waals surface area (Å²) in [5.74, 6) is 0.567. The molecular weight excluding hydrogens is 415 g/mol. The fourth-order valence-electron chi connectivity index (χ4n) is 3.04. The second kappa shape index (κ2) is 8.99. The number of methoxy groups -OCH3 is 3. The van der Waals surface area contributed by atoms with Gasteiger partial charge in [-0.25, -0.2) is 4.68 Å². The molecule has 0 atom stereocenters. The Morgan fingerprint density at radius 3 is 2.26 bits per heavy atom. The van der Waals surface area contributed by atoms with E-state index in [9.17, 15) is 18.0 Å². The molecule has 0 unspecified atom stereocenters. The van der Waals surface area contributed by atoms with E-state index < -0.39 is 17.6 Å². The lowest BCUT2D eigenvalue weighted by molar-refractivity contribution is -0.137. The van der Waals surface area contributed by atoms with E-state index in [0.29, 0.717) is 28.5 Å². The average molecular weight is 435 g/mol. The zero-order valence-electron chi connectivity index (χ0n) is 17.0. The lowest BCUT2D eigenvalue weighted by Crippen LogP contribution is -2.17. The number of anilines is 1. The van der Waals surface area contributed by atoms with Gasteiger partial charge in [-0.05, 0) is 42.0 Å². The molecule has 7 nitrogen and oxygen atoms in total. The molecule has 10 heteroatoms. The van der Waals surface area contributed by atoms with Gasteiger partial charge in [-0.3, -0.25) is 4.79 Å². The molecule has 0 fully saturated rings. The first kappa shape index (κ1) is 22.0. The fraction of sp³-hybridized carbons (Fsp3) is 0.238. The Balaban J connectivity index is 1.91. The summed E-state index contributed by atoms with van der Waals surface area (Å²) in [5.41, 5.74) is -0.0710. The Hall–Kier alpha value is -3.69. The summed E-state index contributed by atoms with van der Waals surface area (Å²) < 4.78 is 56.7. The SMILES string of the molecule is COc1cc(CC(=O)Nc2cc(C(F)(F)F)ccc2-n2cccn2)cc(OC)c1OC. The predicted molar refractivity (Wildman–Crippen MR) is 107 cm³/mol. The Morgan fingerprint density at radius 2 is 1.74 bits per heavy atom.